The lowest BCUT2D eigenvalue weighted by Gasteiger charge is -2.16. The number of allylic oxidation sites excluding steroid dienone is 1. The van der Waals surface area contributed by atoms with Crippen molar-refractivity contribution < 1.29 is 4.74 Å². The average molecular weight is 277 g/mol. The molecule has 0 saturated carbocycles. The minimum absolute atomic E-state index is 0.538. The first kappa shape index (κ1) is 14.5. The third kappa shape index (κ3) is 3.77. The monoisotopic (exact) mass is 277 g/mol. The maximum absolute atomic E-state index is 5.33. The Labute approximate surface area is 120 Å². The Morgan fingerprint density at radius 3 is 3.00 bits per heavy atom. The Bertz CT molecular complexity index is 450. The number of rotatable bonds is 5. The van der Waals surface area contributed by atoms with Gasteiger partial charge in [0.15, 0.2) is 0 Å². The molecule has 0 spiro atoms. The molecule has 1 aromatic rings. The normalized spacial score (nSPS) is 19.7. The van der Waals surface area contributed by atoms with Crippen molar-refractivity contribution in [3.05, 3.63) is 34.7 Å². The minimum atomic E-state index is 0.538. The smallest absolute Gasteiger partial charge is 0.120 e. The standard InChI is InChI=1S/C16H23NOS/c1-4-6-15(14-7-5-10-17-14)19-16-11-13(18-3)9-8-12(16)2/h6,8-9,11,14,17H,4-5,7,10H2,1-3H3/b15-6+. The van der Waals surface area contributed by atoms with Crippen LogP contribution in [0, 0.1) is 6.92 Å². The number of nitrogens with one attached hydrogen (secondary N) is 1. The zero-order valence-corrected chi connectivity index (χ0v) is 12.8. The molecule has 0 radical (unpaired) electrons. The van der Waals surface area contributed by atoms with Gasteiger partial charge in [-0.05, 0) is 50.4 Å². The van der Waals surface area contributed by atoms with Crippen molar-refractivity contribution in [2.45, 2.75) is 44.0 Å². The Morgan fingerprint density at radius 1 is 1.53 bits per heavy atom. The lowest BCUT2D eigenvalue weighted by Crippen LogP contribution is -2.22. The van der Waals surface area contributed by atoms with Crippen LogP contribution in [0.15, 0.2) is 34.1 Å². The summed E-state index contributed by atoms with van der Waals surface area (Å²) in [5.74, 6) is 0.934. The maximum Gasteiger partial charge on any atom is 0.120 e. The van der Waals surface area contributed by atoms with Crippen molar-refractivity contribution in [3.63, 3.8) is 0 Å². The molecular weight excluding hydrogens is 254 g/mol. The zero-order valence-electron chi connectivity index (χ0n) is 12.0. The van der Waals surface area contributed by atoms with Crippen molar-refractivity contribution >= 4 is 11.8 Å². The van der Waals surface area contributed by atoms with Gasteiger partial charge in [0.1, 0.15) is 5.75 Å². The SMILES string of the molecule is CC/C=C(/Sc1cc(OC)ccc1C)C1CCCN1. The fourth-order valence-electron chi connectivity index (χ4n) is 2.33. The molecule has 104 valence electrons. The predicted octanol–water partition coefficient (Wildman–Crippen LogP) is 4.14. The molecule has 1 aromatic carbocycles. The average Bonchev–Trinajstić information content (AvgIpc) is 2.94. The topological polar surface area (TPSA) is 21.3 Å². The van der Waals surface area contributed by atoms with Gasteiger partial charge in [-0.25, -0.2) is 0 Å². The molecule has 3 heteroatoms. The Hall–Kier alpha value is -0.930. The molecule has 1 N–H and O–H groups in total. The predicted molar refractivity (Wildman–Crippen MR) is 83.0 cm³/mol. The second kappa shape index (κ2) is 7.01. The first-order chi connectivity index (χ1) is 9.24. The largest absolute Gasteiger partial charge is 0.497 e. The number of hydrogen-bond donors (Lipinski definition) is 1. The van der Waals surface area contributed by atoms with Crippen LogP contribution in [0.1, 0.15) is 31.7 Å². The number of thioether (sulfide) groups is 1. The highest BCUT2D eigenvalue weighted by atomic mass is 32.2. The summed E-state index contributed by atoms with van der Waals surface area (Å²) < 4.78 is 5.33. The van der Waals surface area contributed by atoms with E-state index in [0.717, 1.165) is 18.7 Å². The first-order valence-corrected chi connectivity index (χ1v) is 7.82. The van der Waals surface area contributed by atoms with Crippen molar-refractivity contribution in [1.29, 1.82) is 0 Å². The van der Waals surface area contributed by atoms with E-state index in [0.29, 0.717) is 6.04 Å². The van der Waals surface area contributed by atoms with Crippen LogP contribution in [-0.4, -0.2) is 19.7 Å². The molecule has 1 heterocycles. The van der Waals surface area contributed by atoms with Crippen molar-refractivity contribution in [2.75, 3.05) is 13.7 Å². The quantitative estimate of drug-likeness (QED) is 0.817. The van der Waals surface area contributed by atoms with Crippen LogP contribution >= 0.6 is 11.8 Å². The van der Waals surface area contributed by atoms with Crippen LogP contribution in [0.3, 0.4) is 0 Å². The molecule has 1 atom stereocenters. The first-order valence-electron chi connectivity index (χ1n) is 7.00. The lowest BCUT2D eigenvalue weighted by atomic mass is 10.2. The number of ether oxygens (including phenoxy) is 1. The van der Waals surface area contributed by atoms with Crippen LogP contribution in [0.5, 0.6) is 5.75 Å². The Kier molecular flexibility index (Phi) is 5.34. The molecule has 0 aromatic heterocycles. The summed E-state index contributed by atoms with van der Waals surface area (Å²) >= 11 is 1.89. The number of aryl methyl sites for hydroxylation is 1. The van der Waals surface area contributed by atoms with E-state index in [1.807, 2.05) is 17.8 Å². The van der Waals surface area contributed by atoms with Crippen LogP contribution in [0.4, 0.5) is 0 Å². The van der Waals surface area contributed by atoms with Crippen LogP contribution in [0.2, 0.25) is 0 Å². The minimum Gasteiger partial charge on any atom is -0.497 e. The van der Waals surface area contributed by atoms with Gasteiger partial charge in [0, 0.05) is 15.8 Å². The van der Waals surface area contributed by atoms with E-state index < -0.39 is 0 Å². The van der Waals surface area contributed by atoms with Crippen molar-refractivity contribution in [3.8, 4) is 5.75 Å². The fourth-order valence-corrected chi connectivity index (χ4v) is 3.58. The van der Waals surface area contributed by atoms with E-state index in [-0.39, 0.29) is 0 Å². The summed E-state index contributed by atoms with van der Waals surface area (Å²) in [4.78, 5) is 2.75. The van der Waals surface area contributed by atoms with E-state index in [2.05, 4.69) is 37.4 Å². The molecule has 1 aliphatic rings. The van der Waals surface area contributed by atoms with Gasteiger partial charge >= 0.3 is 0 Å². The van der Waals surface area contributed by atoms with Gasteiger partial charge < -0.3 is 10.1 Å². The highest BCUT2D eigenvalue weighted by molar-refractivity contribution is 8.03. The molecule has 1 fully saturated rings. The highest BCUT2D eigenvalue weighted by Gasteiger charge is 2.19. The molecule has 2 nitrogen and oxygen atoms in total. The Morgan fingerprint density at radius 2 is 2.37 bits per heavy atom. The zero-order chi connectivity index (χ0) is 13.7. The van der Waals surface area contributed by atoms with E-state index in [1.165, 1.54) is 28.2 Å². The number of hydrogen-bond acceptors (Lipinski definition) is 3. The van der Waals surface area contributed by atoms with Crippen molar-refractivity contribution in [1.82, 2.24) is 5.32 Å². The summed E-state index contributed by atoms with van der Waals surface area (Å²) in [6.07, 6.45) is 5.97. The molecule has 2 rings (SSSR count). The summed E-state index contributed by atoms with van der Waals surface area (Å²) in [7, 11) is 1.72. The van der Waals surface area contributed by atoms with E-state index in [9.17, 15) is 0 Å². The molecular formula is C16H23NOS. The van der Waals surface area contributed by atoms with E-state index in [1.54, 1.807) is 7.11 Å². The molecule has 19 heavy (non-hydrogen) atoms. The third-order valence-corrected chi connectivity index (χ3v) is 4.78. The van der Waals surface area contributed by atoms with Gasteiger partial charge in [-0.1, -0.05) is 30.8 Å². The van der Waals surface area contributed by atoms with Gasteiger partial charge in [0.2, 0.25) is 0 Å². The summed E-state index contributed by atoms with van der Waals surface area (Å²) in [5, 5.41) is 3.59. The number of benzene rings is 1. The van der Waals surface area contributed by atoms with Crippen molar-refractivity contribution in [2.24, 2.45) is 0 Å². The molecule has 1 unspecified atom stereocenters. The summed E-state index contributed by atoms with van der Waals surface area (Å²) in [6, 6.07) is 6.83. The highest BCUT2D eigenvalue weighted by Crippen LogP contribution is 2.35. The van der Waals surface area contributed by atoms with Crippen LogP contribution in [-0.2, 0) is 0 Å². The van der Waals surface area contributed by atoms with E-state index >= 15 is 0 Å². The number of methoxy groups -OCH3 is 1. The second-order valence-corrected chi connectivity index (χ2v) is 6.01. The summed E-state index contributed by atoms with van der Waals surface area (Å²) in [6.45, 7) is 5.50. The molecule has 0 bridgehead atoms. The Balaban J connectivity index is 2.18. The van der Waals surface area contributed by atoms with Gasteiger partial charge in [0.05, 0.1) is 7.11 Å². The molecule has 0 aliphatic carbocycles. The van der Waals surface area contributed by atoms with Gasteiger partial charge in [0.25, 0.3) is 0 Å². The fraction of sp³-hybridized carbons (Fsp3) is 0.500. The molecule has 1 aliphatic heterocycles. The lowest BCUT2D eigenvalue weighted by molar-refractivity contribution is 0.413. The molecule has 0 amide bonds. The van der Waals surface area contributed by atoms with Gasteiger partial charge in [-0.2, -0.15) is 0 Å². The molecule has 1 saturated heterocycles. The van der Waals surface area contributed by atoms with Gasteiger partial charge in [-0.15, -0.1) is 0 Å². The van der Waals surface area contributed by atoms with Crippen LogP contribution in [0.25, 0.3) is 0 Å². The third-order valence-electron chi connectivity index (χ3n) is 3.43. The second-order valence-electron chi connectivity index (χ2n) is 4.90. The van der Waals surface area contributed by atoms with Crippen LogP contribution < -0.4 is 10.1 Å². The van der Waals surface area contributed by atoms with E-state index in [4.69, 9.17) is 4.74 Å². The van der Waals surface area contributed by atoms with Gasteiger partial charge in [-0.3, -0.25) is 0 Å². The summed E-state index contributed by atoms with van der Waals surface area (Å²) in [5.41, 5.74) is 1.31. The maximum atomic E-state index is 5.33.